The van der Waals surface area contributed by atoms with E-state index in [1.54, 1.807) is 24.3 Å². The van der Waals surface area contributed by atoms with Gasteiger partial charge in [0, 0.05) is 69.6 Å². The minimum atomic E-state index is -1.56. The molecule has 2 rings (SSSR count). The lowest BCUT2D eigenvalue weighted by Crippen LogP contribution is -2.55. The number of carboxylic acid groups (broad SMARTS) is 3. The first-order valence-corrected chi connectivity index (χ1v) is 25.3. The third-order valence-electron chi connectivity index (χ3n) is 11.6. The summed E-state index contributed by atoms with van der Waals surface area (Å²) in [5.74, 6) is -7.07. The molecule has 0 spiro atoms. The van der Waals surface area contributed by atoms with Gasteiger partial charge in [0.05, 0.1) is 0 Å². The predicted molar refractivity (Wildman–Crippen MR) is 274 cm³/mol. The van der Waals surface area contributed by atoms with Gasteiger partial charge in [0.15, 0.2) is 0 Å². The number of azide groups is 1. The van der Waals surface area contributed by atoms with Crippen LogP contribution in [0.3, 0.4) is 0 Å². The number of hydrogen-bond acceptors (Lipinski definition) is 12. The highest BCUT2D eigenvalue weighted by molar-refractivity contribution is 5.93. The molecular formula is C50H74N12O13. The zero-order valence-corrected chi connectivity index (χ0v) is 42.3. The van der Waals surface area contributed by atoms with Crippen molar-refractivity contribution in [3.05, 3.63) is 82.2 Å². The molecule has 0 aliphatic carbocycles. The molecule has 5 atom stereocenters. The molecule has 0 bridgehead atoms. The lowest BCUT2D eigenvalue weighted by molar-refractivity contribution is -0.141. The SMILES string of the molecule is [N-]=[N+]=NCCC(=O)N[C@@H](CCCCCCN)C(=O)NCCNC(=O)[C@H](Cc1ccccc1)NC(=O)[C@H](Cc1ccccc1)NC(=O)CCCCCCCNC(=O)CC[C@H](NC(=O)N[C@@H](CCC(=O)O)C(=O)O)C(=O)O. The largest absolute Gasteiger partial charge is 0.481 e. The lowest BCUT2D eigenvalue weighted by atomic mass is 10.0. The van der Waals surface area contributed by atoms with Crippen LogP contribution in [0.25, 0.3) is 10.4 Å². The Labute approximate surface area is 435 Å². The summed E-state index contributed by atoms with van der Waals surface area (Å²) < 4.78 is 0. The first kappa shape index (κ1) is 63.3. The maximum Gasteiger partial charge on any atom is 0.326 e. The molecule has 0 aliphatic rings. The third-order valence-corrected chi connectivity index (χ3v) is 11.6. The maximum atomic E-state index is 14.0. The fourth-order valence-corrected chi connectivity index (χ4v) is 7.53. The summed E-state index contributed by atoms with van der Waals surface area (Å²) in [7, 11) is 0. The molecule has 25 nitrogen and oxygen atoms in total. The van der Waals surface area contributed by atoms with Gasteiger partial charge < -0.3 is 63.6 Å². The van der Waals surface area contributed by atoms with Gasteiger partial charge in [-0.15, -0.1) is 0 Å². The molecule has 75 heavy (non-hydrogen) atoms. The Morgan fingerprint density at radius 3 is 1.53 bits per heavy atom. The smallest absolute Gasteiger partial charge is 0.326 e. The Bertz CT molecular complexity index is 2180. The van der Waals surface area contributed by atoms with E-state index in [0.717, 1.165) is 30.4 Å². The van der Waals surface area contributed by atoms with Gasteiger partial charge in [0.25, 0.3) is 0 Å². The van der Waals surface area contributed by atoms with Crippen LogP contribution in [0.4, 0.5) is 4.79 Å². The fourth-order valence-electron chi connectivity index (χ4n) is 7.53. The Kier molecular flexibility index (Phi) is 32.0. The number of amides is 8. The van der Waals surface area contributed by atoms with Crippen molar-refractivity contribution >= 4 is 59.4 Å². The second-order valence-electron chi connectivity index (χ2n) is 17.7. The van der Waals surface area contributed by atoms with Gasteiger partial charge in [0.2, 0.25) is 35.4 Å². The van der Waals surface area contributed by atoms with E-state index in [1.165, 1.54) is 0 Å². The predicted octanol–water partition coefficient (Wildman–Crippen LogP) is 2.08. The number of nitrogens with zero attached hydrogens (tertiary/aromatic N) is 3. The standard InChI is InChI=1S/C50H74N12O13/c51-27-14-4-3-12-20-36(57-43(65)26-29-56-62-52)45(68)54-30-31-55-46(69)39(32-34-16-8-6-9-17-34)59-47(70)40(33-35-18-10-7-11-19-35)58-42(64)21-13-2-1-5-15-28-53-41(63)24-22-37(48(71)72)60-50(75)61-38(49(73)74)23-25-44(66)67/h6-11,16-19,36-40H,1-5,12-15,20-33,51H2,(H,53,63)(H,54,68)(H,55,69)(H,57,65)(H,58,64)(H,59,70)(H,66,67)(H,71,72)(H,73,74)(H2,60,61,75)/t36-,37-,38-,39-,40-/m0/s1. The molecule has 412 valence electrons. The van der Waals surface area contributed by atoms with Crippen molar-refractivity contribution in [1.82, 2.24) is 42.5 Å². The molecule has 0 saturated heterocycles. The number of rotatable bonds is 40. The molecule has 13 N–H and O–H groups in total. The summed E-state index contributed by atoms with van der Waals surface area (Å²) in [5.41, 5.74) is 15.7. The number of benzene rings is 2. The van der Waals surface area contributed by atoms with Gasteiger partial charge in [-0.1, -0.05) is 104 Å². The number of nitrogens with two attached hydrogens (primary N) is 1. The number of urea groups is 1. The van der Waals surface area contributed by atoms with Gasteiger partial charge in [-0.25, -0.2) is 14.4 Å². The molecule has 8 amide bonds. The van der Waals surface area contributed by atoms with Crippen molar-refractivity contribution in [2.45, 2.75) is 146 Å². The Hall–Kier alpha value is -7.79. The minimum absolute atomic E-state index is 0.00417. The van der Waals surface area contributed by atoms with Crippen LogP contribution in [0, 0.1) is 0 Å². The van der Waals surface area contributed by atoms with Gasteiger partial charge in [-0.2, -0.15) is 0 Å². The quantitative estimate of drug-likeness (QED) is 0.0197. The van der Waals surface area contributed by atoms with E-state index in [9.17, 15) is 58.2 Å². The number of hydrogen-bond donors (Lipinski definition) is 12. The van der Waals surface area contributed by atoms with E-state index in [2.05, 4.69) is 47.2 Å². The minimum Gasteiger partial charge on any atom is -0.481 e. The lowest BCUT2D eigenvalue weighted by Gasteiger charge is -2.24. The summed E-state index contributed by atoms with van der Waals surface area (Å²) in [6, 6.07) is 10.9. The van der Waals surface area contributed by atoms with Crippen molar-refractivity contribution in [2.24, 2.45) is 10.8 Å². The fraction of sp³-hybridized carbons (Fsp3) is 0.560. The van der Waals surface area contributed by atoms with Crippen molar-refractivity contribution in [2.75, 3.05) is 32.7 Å². The molecule has 0 unspecified atom stereocenters. The Balaban J connectivity index is 1.92. The summed E-state index contributed by atoms with van der Waals surface area (Å²) in [6.07, 6.45) is 5.47. The average molecular weight is 1050 g/mol. The van der Waals surface area contributed by atoms with Crippen LogP contribution in [0.5, 0.6) is 0 Å². The molecule has 25 heteroatoms. The normalized spacial score (nSPS) is 12.7. The van der Waals surface area contributed by atoms with Crippen LogP contribution in [0.2, 0.25) is 0 Å². The van der Waals surface area contributed by atoms with Crippen molar-refractivity contribution < 1.29 is 63.3 Å². The molecule has 2 aromatic rings. The second-order valence-corrected chi connectivity index (χ2v) is 17.7. The van der Waals surface area contributed by atoms with Gasteiger partial charge >= 0.3 is 23.9 Å². The van der Waals surface area contributed by atoms with Crippen LogP contribution < -0.4 is 48.3 Å². The number of unbranched alkanes of at least 4 members (excludes halogenated alkanes) is 7. The van der Waals surface area contributed by atoms with Gasteiger partial charge in [0.1, 0.15) is 30.2 Å². The maximum absolute atomic E-state index is 14.0. The first-order chi connectivity index (χ1) is 36.0. The molecule has 2 aromatic carbocycles. The van der Waals surface area contributed by atoms with E-state index < -0.39 is 96.5 Å². The molecule has 0 radical (unpaired) electrons. The van der Waals surface area contributed by atoms with Crippen LogP contribution in [0.1, 0.15) is 114 Å². The molecule has 0 fully saturated rings. The number of carboxylic acids is 3. The third kappa shape index (κ3) is 29.5. The monoisotopic (exact) mass is 1050 g/mol. The molecule has 0 saturated carbocycles. The second kappa shape index (κ2) is 37.9. The van der Waals surface area contributed by atoms with E-state index in [1.807, 2.05) is 41.7 Å². The number of nitrogens with one attached hydrogen (secondary N) is 8. The van der Waals surface area contributed by atoms with E-state index >= 15 is 0 Å². The summed E-state index contributed by atoms with van der Waals surface area (Å²) in [4.78, 5) is 128. The van der Waals surface area contributed by atoms with Crippen LogP contribution in [-0.4, -0.2) is 138 Å². The highest BCUT2D eigenvalue weighted by Crippen LogP contribution is 2.11. The summed E-state index contributed by atoms with van der Waals surface area (Å²) >= 11 is 0. The zero-order chi connectivity index (χ0) is 55.2. The molecular weight excluding hydrogens is 977 g/mol. The highest BCUT2D eigenvalue weighted by atomic mass is 16.4. The average Bonchev–Trinajstić information content (AvgIpc) is 3.37. The molecule has 0 aromatic heterocycles. The zero-order valence-electron chi connectivity index (χ0n) is 42.3. The van der Waals surface area contributed by atoms with Crippen molar-refractivity contribution in [3.63, 3.8) is 0 Å². The van der Waals surface area contributed by atoms with Crippen LogP contribution in [-0.2, 0) is 56.0 Å². The van der Waals surface area contributed by atoms with Crippen LogP contribution >= 0.6 is 0 Å². The molecule has 0 aliphatic heterocycles. The van der Waals surface area contributed by atoms with Crippen LogP contribution in [0.15, 0.2) is 65.8 Å². The van der Waals surface area contributed by atoms with E-state index in [-0.39, 0.29) is 70.6 Å². The van der Waals surface area contributed by atoms with Gasteiger partial charge in [-0.05, 0) is 61.7 Å². The van der Waals surface area contributed by atoms with E-state index in [0.29, 0.717) is 51.5 Å². The van der Waals surface area contributed by atoms with Gasteiger partial charge in [-0.3, -0.25) is 33.6 Å². The highest BCUT2D eigenvalue weighted by Gasteiger charge is 2.29. The van der Waals surface area contributed by atoms with Crippen molar-refractivity contribution in [3.8, 4) is 0 Å². The number of carbonyl (C=O) groups is 10. The summed E-state index contributed by atoms with van der Waals surface area (Å²) in [5, 5.41) is 51.6. The Morgan fingerprint density at radius 1 is 0.480 bits per heavy atom. The van der Waals surface area contributed by atoms with Crippen molar-refractivity contribution in [1.29, 1.82) is 0 Å². The number of carbonyl (C=O) groups excluding carboxylic acids is 7. The Morgan fingerprint density at radius 2 is 0.973 bits per heavy atom. The number of aliphatic carboxylic acids is 3. The first-order valence-electron chi connectivity index (χ1n) is 25.3. The van der Waals surface area contributed by atoms with E-state index in [4.69, 9.17) is 16.4 Å². The summed E-state index contributed by atoms with van der Waals surface area (Å²) in [6.45, 7) is 0.787. The topological polar surface area (TPSA) is 402 Å². The molecule has 0 heterocycles.